The first-order valence-corrected chi connectivity index (χ1v) is 10.8. The molecule has 0 bridgehead atoms. The summed E-state index contributed by atoms with van der Waals surface area (Å²) in [5.74, 6) is 1.10. The summed E-state index contributed by atoms with van der Waals surface area (Å²) in [6.45, 7) is 6.96. The number of halogens is 1. The molecule has 0 amide bonds. The zero-order chi connectivity index (χ0) is 21.9. The number of aliphatic imine (C=N–C) groups is 1. The van der Waals surface area contributed by atoms with Gasteiger partial charge in [0.05, 0.1) is 25.9 Å². The van der Waals surface area contributed by atoms with Crippen molar-refractivity contribution in [2.24, 2.45) is 4.99 Å². The highest BCUT2D eigenvalue weighted by atomic mass is 19.1. The number of rotatable bonds is 9. The lowest BCUT2D eigenvalue weighted by Gasteiger charge is -2.35. The predicted molar refractivity (Wildman–Crippen MR) is 120 cm³/mol. The summed E-state index contributed by atoms with van der Waals surface area (Å²) in [6.07, 6.45) is 2.66. The molecule has 1 unspecified atom stereocenters. The maximum absolute atomic E-state index is 13.4. The number of nitrogens with zero attached hydrogens (tertiary/aromatic N) is 3. The molecule has 1 saturated heterocycles. The Morgan fingerprint density at radius 2 is 2.00 bits per heavy atom. The van der Waals surface area contributed by atoms with Gasteiger partial charge in [-0.2, -0.15) is 0 Å². The van der Waals surface area contributed by atoms with E-state index in [1.807, 2.05) is 24.3 Å². The topological polar surface area (TPSA) is 71.0 Å². The number of hydrogen-bond donors (Lipinski definition) is 2. The van der Waals surface area contributed by atoms with Crippen LogP contribution in [-0.4, -0.2) is 62.3 Å². The van der Waals surface area contributed by atoms with E-state index in [0.29, 0.717) is 44.7 Å². The second kappa shape index (κ2) is 12.2. The molecular formula is C23H32FN5O2. The molecule has 1 aromatic carbocycles. The largest absolute Gasteiger partial charge is 0.477 e. The van der Waals surface area contributed by atoms with Crippen molar-refractivity contribution in [1.29, 1.82) is 0 Å². The number of nitrogens with one attached hydrogen (secondary N) is 2. The van der Waals surface area contributed by atoms with E-state index in [4.69, 9.17) is 9.47 Å². The fourth-order valence-corrected chi connectivity index (χ4v) is 3.51. The molecule has 2 aromatic rings. The quantitative estimate of drug-likeness (QED) is 0.472. The van der Waals surface area contributed by atoms with Crippen molar-refractivity contribution in [1.82, 2.24) is 20.5 Å². The molecule has 168 valence electrons. The van der Waals surface area contributed by atoms with Crippen molar-refractivity contribution < 1.29 is 13.9 Å². The van der Waals surface area contributed by atoms with E-state index in [0.717, 1.165) is 30.6 Å². The number of benzene rings is 1. The molecule has 2 heterocycles. The van der Waals surface area contributed by atoms with Gasteiger partial charge in [-0.05, 0) is 30.2 Å². The van der Waals surface area contributed by atoms with Gasteiger partial charge in [0.1, 0.15) is 5.82 Å². The lowest BCUT2D eigenvalue weighted by molar-refractivity contribution is 0.0170. The van der Waals surface area contributed by atoms with Crippen LogP contribution in [0.25, 0.3) is 0 Å². The first-order chi connectivity index (χ1) is 15.2. The molecule has 1 aromatic heterocycles. The summed E-state index contributed by atoms with van der Waals surface area (Å²) in [5.41, 5.74) is 2.04. The van der Waals surface area contributed by atoms with Crippen LogP contribution < -0.4 is 15.4 Å². The van der Waals surface area contributed by atoms with E-state index in [1.54, 1.807) is 13.2 Å². The van der Waals surface area contributed by atoms with Crippen molar-refractivity contribution in [2.75, 3.05) is 46.5 Å². The molecule has 0 aliphatic carbocycles. The molecule has 7 nitrogen and oxygen atoms in total. The molecule has 0 saturated carbocycles. The molecule has 1 atom stereocenters. The highest BCUT2D eigenvalue weighted by Crippen LogP contribution is 2.21. The van der Waals surface area contributed by atoms with Gasteiger partial charge in [0, 0.05) is 45.0 Å². The highest BCUT2D eigenvalue weighted by molar-refractivity contribution is 5.79. The lowest BCUT2D eigenvalue weighted by atomic mass is 10.0. The third-order valence-electron chi connectivity index (χ3n) is 5.17. The van der Waals surface area contributed by atoms with Gasteiger partial charge in [-0.3, -0.25) is 9.89 Å². The average Bonchev–Trinajstić information content (AvgIpc) is 2.82. The van der Waals surface area contributed by atoms with Gasteiger partial charge in [-0.15, -0.1) is 0 Å². The van der Waals surface area contributed by atoms with Crippen LogP contribution in [0.15, 0.2) is 47.6 Å². The standard InChI is InChI=1S/C23H32FN5O2/c1-3-13-31-22-19(5-4-10-26-22)16-27-23(25-2)28-17-21(29-11-14-30-15-12-29)18-6-8-20(24)9-7-18/h4-10,21H,3,11-17H2,1-2H3,(H2,25,27,28). The Labute approximate surface area is 183 Å². The third kappa shape index (κ3) is 6.90. The minimum atomic E-state index is -0.229. The van der Waals surface area contributed by atoms with Crippen LogP contribution in [0.1, 0.15) is 30.5 Å². The molecule has 1 aliphatic heterocycles. The molecule has 1 fully saturated rings. The van der Waals surface area contributed by atoms with Crippen molar-refractivity contribution in [3.63, 3.8) is 0 Å². The van der Waals surface area contributed by atoms with Gasteiger partial charge in [-0.1, -0.05) is 25.1 Å². The Bertz CT molecular complexity index is 825. The lowest BCUT2D eigenvalue weighted by Crippen LogP contribution is -2.46. The van der Waals surface area contributed by atoms with Gasteiger partial charge >= 0.3 is 0 Å². The van der Waals surface area contributed by atoms with Crippen LogP contribution >= 0.6 is 0 Å². The second-order valence-electron chi connectivity index (χ2n) is 7.34. The number of guanidine groups is 1. The fraction of sp³-hybridized carbons (Fsp3) is 0.478. The van der Waals surface area contributed by atoms with Crippen molar-refractivity contribution in [3.05, 3.63) is 59.5 Å². The molecular weight excluding hydrogens is 397 g/mol. The maximum Gasteiger partial charge on any atom is 0.218 e. The highest BCUT2D eigenvalue weighted by Gasteiger charge is 2.23. The van der Waals surface area contributed by atoms with Crippen LogP contribution in [0.5, 0.6) is 5.88 Å². The van der Waals surface area contributed by atoms with E-state index in [2.05, 4.69) is 32.4 Å². The van der Waals surface area contributed by atoms with Crippen LogP contribution in [0.4, 0.5) is 4.39 Å². The fourth-order valence-electron chi connectivity index (χ4n) is 3.51. The summed E-state index contributed by atoms with van der Waals surface area (Å²) in [7, 11) is 1.74. The van der Waals surface area contributed by atoms with E-state index < -0.39 is 0 Å². The SMILES string of the molecule is CCCOc1ncccc1CNC(=NC)NCC(c1ccc(F)cc1)N1CCOCC1. The molecule has 3 rings (SSSR count). The number of ether oxygens (including phenoxy) is 2. The molecule has 0 spiro atoms. The predicted octanol–water partition coefficient (Wildman–Crippen LogP) is 2.75. The van der Waals surface area contributed by atoms with E-state index in [-0.39, 0.29) is 11.9 Å². The third-order valence-corrected chi connectivity index (χ3v) is 5.17. The molecule has 2 N–H and O–H groups in total. The molecule has 31 heavy (non-hydrogen) atoms. The Kier molecular flexibility index (Phi) is 9.05. The molecule has 1 aliphatic rings. The van der Waals surface area contributed by atoms with E-state index in [9.17, 15) is 4.39 Å². The van der Waals surface area contributed by atoms with Crippen LogP contribution in [0.2, 0.25) is 0 Å². The minimum absolute atomic E-state index is 0.0879. The van der Waals surface area contributed by atoms with Crippen molar-refractivity contribution in [2.45, 2.75) is 25.9 Å². The first-order valence-electron chi connectivity index (χ1n) is 10.8. The van der Waals surface area contributed by atoms with Crippen LogP contribution in [0, 0.1) is 5.82 Å². The number of pyridine rings is 1. The molecule has 0 radical (unpaired) electrons. The average molecular weight is 430 g/mol. The summed E-state index contributed by atoms with van der Waals surface area (Å²) in [6, 6.07) is 10.7. The van der Waals surface area contributed by atoms with Crippen LogP contribution in [0.3, 0.4) is 0 Å². The zero-order valence-corrected chi connectivity index (χ0v) is 18.3. The van der Waals surface area contributed by atoms with Gasteiger partial charge in [0.15, 0.2) is 5.96 Å². The number of hydrogen-bond acceptors (Lipinski definition) is 5. The molecule has 8 heteroatoms. The van der Waals surface area contributed by atoms with E-state index in [1.165, 1.54) is 12.1 Å². The minimum Gasteiger partial charge on any atom is -0.477 e. The first kappa shape index (κ1) is 23.0. The Morgan fingerprint density at radius 3 is 2.71 bits per heavy atom. The zero-order valence-electron chi connectivity index (χ0n) is 18.3. The summed E-state index contributed by atoms with van der Waals surface area (Å²) >= 11 is 0. The van der Waals surface area contributed by atoms with Gasteiger partial charge in [-0.25, -0.2) is 9.37 Å². The van der Waals surface area contributed by atoms with Gasteiger partial charge in [0.2, 0.25) is 5.88 Å². The van der Waals surface area contributed by atoms with Gasteiger partial charge in [0.25, 0.3) is 0 Å². The summed E-state index contributed by atoms with van der Waals surface area (Å²) in [5, 5.41) is 6.75. The van der Waals surface area contributed by atoms with Gasteiger partial charge < -0.3 is 20.1 Å². The van der Waals surface area contributed by atoms with Crippen molar-refractivity contribution in [3.8, 4) is 5.88 Å². The Hall–Kier alpha value is -2.71. The maximum atomic E-state index is 13.4. The second-order valence-corrected chi connectivity index (χ2v) is 7.34. The number of aromatic nitrogens is 1. The monoisotopic (exact) mass is 429 g/mol. The van der Waals surface area contributed by atoms with Crippen LogP contribution in [-0.2, 0) is 11.3 Å². The number of morpholine rings is 1. The smallest absolute Gasteiger partial charge is 0.218 e. The van der Waals surface area contributed by atoms with Crippen molar-refractivity contribution >= 4 is 5.96 Å². The Balaban J connectivity index is 1.62. The summed E-state index contributed by atoms with van der Waals surface area (Å²) in [4.78, 5) is 11.0. The normalized spacial score (nSPS) is 16.0. The Morgan fingerprint density at radius 1 is 1.23 bits per heavy atom. The summed E-state index contributed by atoms with van der Waals surface area (Å²) < 4.78 is 24.7. The van der Waals surface area contributed by atoms with E-state index >= 15 is 0 Å².